The molecule has 4 aromatic heterocycles. The van der Waals surface area contributed by atoms with Gasteiger partial charge in [-0.15, -0.1) is 0 Å². The van der Waals surface area contributed by atoms with E-state index in [-0.39, 0.29) is 102 Å². The van der Waals surface area contributed by atoms with Crippen molar-refractivity contribution in [1.29, 1.82) is 0 Å². The molecule has 328 valence electrons. The predicted molar refractivity (Wildman–Crippen MR) is 207 cm³/mol. The number of carboxylic acids is 8. The lowest BCUT2D eigenvalue weighted by molar-refractivity contribution is -0.138. The Morgan fingerprint density at radius 3 is 1.07 bits per heavy atom. The lowest BCUT2D eigenvalue weighted by Crippen LogP contribution is -2.09. The van der Waals surface area contributed by atoms with Crippen LogP contribution in [-0.4, -0.2) is 114 Å². The van der Waals surface area contributed by atoms with Crippen LogP contribution in [-0.2, 0) is 116 Å². The Kier molecular flexibility index (Phi) is 15.8. The minimum absolute atomic E-state index is 0.000760. The van der Waals surface area contributed by atoms with Gasteiger partial charge in [0.25, 0.3) is 0 Å². The van der Waals surface area contributed by atoms with Crippen LogP contribution >= 0.6 is 0 Å². The first-order chi connectivity index (χ1) is 28.8. The molecule has 21 heteroatoms. The summed E-state index contributed by atoms with van der Waals surface area (Å²) in [6.07, 6.45) is -3.44. The van der Waals surface area contributed by atoms with Crippen LogP contribution in [0.5, 0.6) is 0 Å². The number of aromatic amines is 4. The maximum atomic E-state index is 12.3. The first-order valence-corrected chi connectivity index (χ1v) is 18.9. The van der Waals surface area contributed by atoms with Gasteiger partial charge < -0.3 is 65.9 Å². The number of hydrogen-bond acceptors (Lipinski definition) is 9. The molecule has 0 fully saturated rings. The van der Waals surface area contributed by atoms with Gasteiger partial charge in [0.05, 0.1) is 32.3 Å². The van der Waals surface area contributed by atoms with E-state index in [2.05, 4.69) is 19.9 Å². The highest BCUT2D eigenvalue weighted by Crippen LogP contribution is 2.33. The number of carbonyl (C=O) groups is 8. The second kappa shape index (κ2) is 20.7. The van der Waals surface area contributed by atoms with Crippen molar-refractivity contribution < 1.29 is 84.3 Å². The molecular weight excluding hydrogens is 808 g/mol. The zero-order chi connectivity index (χ0) is 45.1. The molecule has 0 aromatic carbocycles. The fraction of sp³-hybridized carbons (Fsp3) is 0.400. The summed E-state index contributed by atoms with van der Waals surface area (Å²) in [6, 6.07) is 0. The number of carboxylic acid groups (broad SMARTS) is 8. The van der Waals surface area contributed by atoms with Crippen molar-refractivity contribution in [2.24, 2.45) is 0 Å². The molecule has 0 aliphatic rings. The average Bonchev–Trinajstić information content (AvgIpc) is 3.86. The standard InChI is InChI=1S/C40H46N4O17/c45-17-25-21(4-8-36(52)53)29(44-32(25)15-40(60)61)14-31-24(11-39(58)59)20(3-7-35(50)51)28(43-31)13-30-23(10-38(56)57)19(2-6-34(48)49)27(42-30)12-26-22(9-37(54)55)18(16-41-26)1-5-33(46)47/h16,41-45H,1-15,17H2,(H,46,47)(H,48,49)(H,50,51)(H,52,53)(H,54,55)(H,56,57)(H,58,59)(H,60,61). The van der Waals surface area contributed by atoms with E-state index >= 15 is 0 Å². The Balaban J connectivity index is 1.94. The molecule has 4 rings (SSSR count). The van der Waals surface area contributed by atoms with Gasteiger partial charge in [-0.05, 0) is 64.6 Å². The third-order valence-corrected chi connectivity index (χ3v) is 10.3. The van der Waals surface area contributed by atoms with Gasteiger partial charge in [0.1, 0.15) is 0 Å². The van der Waals surface area contributed by atoms with Crippen molar-refractivity contribution >= 4 is 47.8 Å². The Morgan fingerprint density at radius 2 is 0.689 bits per heavy atom. The summed E-state index contributed by atoms with van der Waals surface area (Å²) in [5.41, 5.74) is 3.77. The Hall–Kier alpha value is -7.16. The highest BCUT2D eigenvalue weighted by Gasteiger charge is 2.28. The van der Waals surface area contributed by atoms with Crippen molar-refractivity contribution in [3.8, 4) is 0 Å². The van der Waals surface area contributed by atoms with Crippen molar-refractivity contribution in [2.45, 2.75) is 103 Å². The molecule has 0 spiro atoms. The van der Waals surface area contributed by atoms with Gasteiger partial charge in [-0.1, -0.05) is 0 Å². The molecule has 13 N–H and O–H groups in total. The average molecular weight is 855 g/mol. The number of aromatic nitrogens is 4. The highest BCUT2D eigenvalue weighted by atomic mass is 16.4. The maximum Gasteiger partial charge on any atom is 0.309 e. The summed E-state index contributed by atoms with van der Waals surface area (Å²) >= 11 is 0. The number of rotatable bonds is 27. The Labute approximate surface area is 345 Å². The zero-order valence-corrected chi connectivity index (χ0v) is 32.7. The van der Waals surface area contributed by atoms with Crippen molar-refractivity contribution in [3.05, 3.63) is 90.6 Å². The minimum atomic E-state index is -1.31. The number of aliphatic hydroxyl groups is 1. The first-order valence-electron chi connectivity index (χ1n) is 18.9. The molecule has 0 bridgehead atoms. The summed E-state index contributed by atoms with van der Waals surface area (Å²) < 4.78 is 0. The van der Waals surface area contributed by atoms with Gasteiger partial charge in [-0.25, -0.2) is 0 Å². The Bertz CT molecular complexity index is 2340. The van der Waals surface area contributed by atoms with Crippen LogP contribution in [0.25, 0.3) is 0 Å². The number of aliphatic carboxylic acids is 8. The van der Waals surface area contributed by atoms with E-state index in [4.69, 9.17) is 0 Å². The second-order valence-electron chi connectivity index (χ2n) is 14.4. The molecule has 21 nitrogen and oxygen atoms in total. The quantitative estimate of drug-likeness (QED) is 0.0407. The number of H-pyrrole nitrogens is 4. The van der Waals surface area contributed by atoms with Crippen LogP contribution in [0.15, 0.2) is 6.20 Å². The van der Waals surface area contributed by atoms with Gasteiger partial charge in [-0.2, -0.15) is 0 Å². The first kappa shape index (κ1) is 46.5. The van der Waals surface area contributed by atoms with Gasteiger partial charge in [0.15, 0.2) is 0 Å². The highest BCUT2D eigenvalue weighted by molar-refractivity contribution is 5.75. The van der Waals surface area contributed by atoms with E-state index in [9.17, 15) is 84.3 Å². The fourth-order valence-corrected chi connectivity index (χ4v) is 7.74. The number of aliphatic hydroxyl groups excluding tert-OH is 1. The summed E-state index contributed by atoms with van der Waals surface area (Å²) in [5, 5.41) is 87.4. The monoisotopic (exact) mass is 854 g/mol. The van der Waals surface area contributed by atoms with E-state index in [1.165, 1.54) is 6.20 Å². The van der Waals surface area contributed by atoms with Gasteiger partial charge in [0, 0.05) is 96.6 Å². The van der Waals surface area contributed by atoms with Crippen LogP contribution in [0, 0.1) is 0 Å². The van der Waals surface area contributed by atoms with Crippen molar-refractivity contribution in [1.82, 2.24) is 19.9 Å². The molecule has 0 unspecified atom stereocenters. The fourth-order valence-electron chi connectivity index (χ4n) is 7.74. The molecule has 61 heavy (non-hydrogen) atoms. The van der Waals surface area contributed by atoms with E-state index in [1.54, 1.807) is 0 Å². The van der Waals surface area contributed by atoms with Gasteiger partial charge in [-0.3, -0.25) is 38.4 Å². The zero-order valence-electron chi connectivity index (χ0n) is 32.7. The summed E-state index contributed by atoms with van der Waals surface area (Å²) in [4.78, 5) is 107. The van der Waals surface area contributed by atoms with Crippen LogP contribution in [0.4, 0.5) is 0 Å². The minimum Gasteiger partial charge on any atom is -0.481 e. The smallest absolute Gasteiger partial charge is 0.309 e. The number of aryl methyl sites for hydroxylation is 1. The lowest BCUT2D eigenvalue weighted by Gasteiger charge is -2.09. The largest absolute Gasteiger partial charge is 0.481 e. The normalized spacial score (nSPS) is 11.2. The third-order valence-electron chi connectivity index (χ3n) is 10.3. The molecule has 0 atom stereocenters. The molecule has 0 aliphatic heterocycles. The van der Waals surface area contributed by atoms with Crippen LogP contribution in [0.3, 0.4) is 0 Å². The topological polar surface area (TPSA) is 382 Å². The third kappa shape index (κ3) is 12.7. The number of nitrogens with one attached hydrogen (secondary N) is 4. The maximum absolute atomic E-state index is 12.3. The lowest BCUT2D eigenvalue weighted by atomic mass is 9.94. The van der Waals surface area contributed by atoms with Crippen molar-refractivity contribution in [2.75, 3.05) is 0 Å². The molecule has 0 saturated carbocycles. The molecule has 0 aliphatic carbocycles. The summed E-state index contributed by atoms with van der Waals surface area (Å²) in [5.74, 6) is -9.80. The molecule has 0 amide bonds. The van der Waals surface area contributed by atoms with Crippen LogP contribution in [0.1, 0.15) is 110 Å². The van der Waals surface area contributed by atoms with Gasteiger partial charge in [0.2, 0.25) is 0 Å². The second-order valence-corrected chi connectivity index (χ2v) is 14.4. The van der Waals surface area contributed by atoms with E-state index in [1.807, 2.05) is 0 Å². The molecule has 4 aromatic rings. The molecule has 4 heterocycles. The van der Waals surface area contributed by atoms with Crippen LogP contribution < -0.4 is 0 Å². The van der Waals surface area contributed by atoms with E-state index in [0.29, 0.717) is 33.6 Å². The molecular formula is C40H46N4O17. The summed E-state index contributed by atoms with van der Waals surface area (Å²) in [7, 11) is 0. The Morgan fingerprint density at radius 1 is 0.361 bits per heavy atom. The van der Waals surface area contributed by atoms with E-state index in [0.717, 1.165) is 0 Å². The SMILES string of the molecule is O=C(O)CCc1c[nH]c(Cc2[nH]c(Cc3[nH]c(Cc4[nH]c(CC(=O)O)c(CO)c4CCC(=O)O)c(CC(=O)O)c3CCC(=O)O)c(CC(=O)O)c2CCC(=O)O)c1CC(=O)O. The van der Waals surface area contributed by atoms with Gasteiger partial charge >= 0.3 is 47.8 Å². The molecule has 0 saturated heterocycles. The van der Waals surface area contributed by atoms with Crippen molar-refractivity contribution in [3.63, 3.8) is 0 Å². The number of hydrogen-bond donors (Lipinski definition) is 13. The predicted octanol–water partition coefficient (Wildman–Crippen LogP) is 1.84. The summed E-state index contributed by atoms with van der Waals surface area (Å²) in [6.45, 7) is -0.647. The van der Waals surface area contributed by atoms with E-state index < -0.39 is 99.3 Å². The van der Waals surface area contributed by atoms with Crippen LogP contribution in [0.2, 0.25) is 0 Å². The molecule has 0 radical (unpaired) electrons.